The van der Waals surface area contributed by atoms with Gasteiger partial charge < -0.3 is 15.2 Å². The number of hydrogen-bond donors (Lipinski definition) is 1. The van der Waals surface area contributed by atoms with Crippen LogP contribution in [0.3, 0.4) is 0 Å². The number of aromatic nitrogens is 4. The molecule has 0 aliphatic carbocycles. The first-order valence-electron chi connectivity index (χ1n) is 8.16. The Morgan fingerprint density at radius 2 is 2.15 bits per heavy atom. The van der Waals surface area contributed by atoms with Crippen molar-refractivity contribution in [1.82, 2.24) is 19.7 Å². The molecule has 0 radical (unpaired) electrons. The van der Waals surface area contributed by atoms with Crippen molar-refractivity contribution in [2.24, 2.45) is 5.73 Å². The number of nitrogens with zero attached hydrogens (tertiary/aromatic N) is 5. The number of halogens is 3. The Labute approximate surface area is 151 Å². The SMILES string of the molecule is Cc1nnc(Cn2c(N3CCC(F)(F)C(N)C3)nc3cc(F)ccc32)s1. The van der Waals surface area contributed by atoms with Crippen molar-refractivity contribution < 1.29 is 13.2 Å². The second kappa shape index (κ2) is 6.20. The van der Waals surface area contributed by atoms with Crippen LogP contribution in [-0.2, 0) is 6.54 Å². The van der Waals surface area contributed by atoms with E-state index in [0.29, 0.717) is 23.5 Å². The molecule has 26 heavy (non-hydrogen) atoms. The molecule has 1 unspecified atom stereocenters. The van der Waals surface area contributed by atoms with Crippen molar-refractivity contribution in [3.05, 3.63) is 34.0 Å². The smallest absolute Gasteiger partial charge is 0.266 e. The van der Waals surface area contributed by atoms with Crippen molar-refractivity contribution in [3.8, 4) is 0 Å². The molecule has 1 aliphatic rings. The number of benzene rings is 1. The molecule has 138 valence electrons. The van der Waals surface area contributed by atoms with E-state index in [2.05, 4.69) is 15.2 Å². The van der Waals surface area contributed by atoms with Gasteiger partial charge >= 0.3 is 0 Å². The molecule has 1 saturated heterocycles. The third-order valence-corrected chi connectivity index (χ3v) is 5.33. The summed E-state index contributed by atoms with van der Waals surface area (Å²) in [5.74, 6) is -2.80. The summed E-state index contributed by atoms with van der Waals surface area (Å²) >= 11 is 1.45. The van der Waals surface area contributed by atoms with Crippen LogP contribution < -0.4 is 10.6 Å². The van der Waals surface area contributed by atoms with Crippen LogP contribution in [0.15, 0.2) is 18.2 Å². The summed E-state index contributed by atoms with van der Waals surface area (Å²) < 4.78 is 43.0. The molecule has 1 aliphatic heterocycles. The zero-order valence-corrected chi connectivity index (χ0v) is 14.8. The van der Waals surface area contributed by atoms with Crippen LogP contribution in [0.4, 0.5) is 19.1 Å². The fraction of sp³-hybridized carbons (Fsp3) is 0.438. The fourth-order valence-electron chi connectivity index (χ4n) is 3.14. The average molecular weight is 382 g/mol. The van der Waals surface area contributed by atoms with Gasteiger partial charge in [-0.3, -0.25) is 0 Å². The molecule has 3 aromatic rings. The van der Waals surface area contributed by atoms with Gasteiger partial charge in [-0.15, -0.1) is 10.2 Å². The topological polar surface area (TPSA) is 72.9 Å². The number of rotatable bonds is 3. The molecule has 1 aromatic carbocycles. The number of piperidine rings is 1. The van der Waals surface area contributed by atoms with Crippen molar-refractivity contribution >= 4 is 28.3 Å². The standard InChI is InChI=1S/C16H17F3N6S/c1-9-22-23-14(26-9)8-25-12-3-2-10(17)6-11(12)21-15(25)24-5-4-16(18,19)13(20)7-24/h2-3,6,13H,4-5,7-8,20H2,1H3. The van der Waals surface area contributed by atoms with E-state index in [1.807, 2.05) is 11.5 Å². The molecular weight excluding hydrogens is 365 g/mol. The molecule has 3 heterocycles. The number of alkyl halides is 2. The zero-order valence-electron chi connectivity index (χ0n) is 14.0. The first-order valence-corrected chi connectivity index (χ1v) is 8.98. The number of fused-ring (bicyclic) bond motifs is 1. The summed E-state index contributed by atoms with van der Waals surface area (Å²) in [6.45, 7) is 2.34. The maximum atomic E-state index is 13.7. The molecular formula is C16H17F3N6S. The predicted octanol–water partition coefficient (Wildman–Crippen LogP) is 2.56. The normalized spacial score (nSPS) is 20.0. The molecule has 10 heteroatoms. The number of nitrogens with two attached hydrogens (primary N) is 1. The van der Waals surface area contributed by atoms with Crippen LogP contribution in [0.25, 0.3) is 11.0 Å². The largest absolute Gasteiger partial charge is 0.340 e. The molecule has 1 atom stereocenters. The summed E-state index contributed by atoms with van der Waals surface area (Å²) in [5.41, 5.74) is 6.83. The van der Waals surface area contributed by atoms with Crippen molar-refractivity contribution in [2.45, 2.75) is 31.9 Å². The van der Waals surface area contributed by atoms with Crippen LogP contribution in [0.5, 0.6) is 0 Å². The molecule has 2 aromatic heterocycles. The van der Waals surface area contributed by atoms with Crippen molar-refractivity contribution in [3.63, 3.8) is 0 Å². The maximum Gasteiger partial charge on any atom is 0.266 e. The minimum atomic E-state index is -2.89. The lowest BCUT2D eigenvalue weighted by molar-refractivity contribution is -0.0395. The Balaban J connectivity index is 1.76. The second-order valence-corrected chi connectivity index (χ2v) is 7.68. The van der Waals surface area contributed by atoms with Crippen LogP contribution in [0, 0.1) is 12.7 Å². The number of anilines is 1. The first kappa shape index (κ1) is 17.2. The quantitative estimate of drug-likeness (QED) is 0.754. The number of aryl methyl sites for hydroxylation is 1. The highest BCUT2D eigenvalue weighted by Gasteiger charge is 2.42. The highest BCUT2D eigenvalue weighted by atomic mass is 32.1. The molecule has 2 N–H and O–H groups in total. The molecule has 1 fully saturated rings. The van der Waals surface area contributed by atoms with E-state index in [-0.39, 0.29) is 19.5 Å². The summed E-state index contributed by atoms with van der Waals surface area (Å²) in [6, 6.07) is 3.04. The van der Waals surface area contributed by atoms with Gasteiger partial charge in [-0.1, -0.05) is 11.3 Å². The Kier molecular flexibility index (Phi) is 4.11. The molecule has 0 amide bonds. The van der Waals surface area contributed by atoms with Crippen LogP contribution in [-0.4, -0.2) is 44.8 Å². The third-order valence-electron chi connectivity index (χ3n) is 4.51. The summed E-state index contributed by atoms with van der Waals surface area (Å²) in [4.78, 5) is 6.22. The molecule has 6 nitrogen and oxygen atoms in total. The van der Waals surface area contributed by atoms with Gasteiger partial charge in [0.1, 0.15) is 15.8 Å². The van der Waals surface area contributed by atoms with Crippen molar-refractivity contribution in [1.29, 1.82) is 0 Å². The van der Waals surface area contributed by atoms with E-state index in [9.17, 15) is 13.2 Å². The monoisotopic (exact) mass is 382 g/mol. The Hall–Kier alpha value is -2.20. The van der Waals surface area contributed by atoms with Gasteiger partial charge in [0.15, 0.2) is 0 Å². The van der Waals surface area contributed by atoms with E-state index in [0.717, 1.165) is 10.0 Å². The predicted molar refractivity (Wildman–Crippen MR) is 93.2 cm³/mol. The van der Waals surface area contributed by atoms with E-state index in [1.54, 1.807) is 11.0 Å². The molecule has 0 bridgehead atoms. The molecule has 0 spiro atoms. The van der Waals surface area contributed by atoms with Crippen LogP contribution >= 0.6 is 11.3 Å². The summed E-state index contributed by atoms with van der Waals surface area (Å²) in [7, 11) is 0. The van der Waals surface area contributed by atoms with Gasteiger partial charge in [0.25, 0.3) is 5.92 Å². The maximum absolute atomic E-state index is 13.7. The van der Waals surface area contributed by atoms with E-state index >= 15 is 0 Å². The highest BCUT2D eigenvalue weighted by molar-refractivity contribution is 7.11. The van der Waals surface area contributed by atoms with Gasteiger partial charge in [-0.2, -0.15) is 0 Å². The lowest BCUT2D eigenvalue weighted by Crippen LogP contribution is -2.55. The number of imidazole rings is 1. The minimum Gasteiger partial charge on any atom is -0.340 e. The van der Waals surface area contributed by atoms with Gasteiger partial charge in [-0.25, -0.2) is 18.2 Å². The Morgan fingerprint density at radius 3 is 2.85 bits per heavy atom. The highest BCUT2D eigenvalue weighted by Crippen LogP contribution is 2.32. The Bertz CT molecular complexity index is 953. The van der Waals surface area contributed by atoms with Gasteiger partial charge in [0.05, 0.1) is 23.6 Å². The first-order chi connectivity index (χ1) is 12.3. The summed E-state index contributed by atoms with van der Waals surface area (Å²) in [5, 5.41) is 9.72. The van der Waals surface area contributed by atoms with Crippen LogP contribution in [0.1, 0.15) is 16.4 Å². The van der Waals surface area contributed by atoms with Crippen molar-refractivity contribution in [2.75, 3.05) is 18.0 Å². The molecule has 4 rings (SSSR count). The zero-order chi connectivity index (χ0) is 18.5. The second-order valence-electron chi connectivity index (χ2n) is 6.41. The third kappa shape index (κ3) is 3.03. The van der Waals surface area contributed by atoms with Crippen LogP contribution in [0.2, 0.25) is 0 Å². The van der Waals surface area contributed by atoms with E-state index < -0.39 is 17.8 Å². The number of hydrogen-bond acceptors (Lipinski definition) is 6. The van der Waals surface area contributed by atoms with Gasteiger partial charge in [-0.05, 0) is 19.1 Å². The van der Waals surface area contributed by atoms with E-state index in [1.165, 1.54) is 23.5 Å². The molecule has 0 saturated carbocycles. The summed E-state index contributed by atoms with van der Waals surface area (Å²) in [6.07, 6.45) is -0.344. The average Bonchev–Trinajstić information content (AvgIpc) is 3.14. The fourth-order valence-corrected chi connectivity index (χ4v) is 3.84. The van der Waals surface area contributed by atoms with E-state index in [4.69, 9.17) is 5.73 Å². The lowest BCUT2D eigenvalue weighted by Gasteiger charge is -2.37. The van der Waals surface area contributed by atoms with Gasteiger partial charge in [0.2, 0.25) is 5.95 Å². The Morgan fingerprint density at radius 1 is 1.35 bits per heavy atom. The minimum absolute atomic E-state index is 0.0199. The van der Waals surface area contributed by atoms with Gasteiger partial charge in [0, 0.05) is 25.6 Å². The lowest BCUT2D eigenvalue weighted by atomic mass is 10.0.